The Hall–Kier alpha value is -1.62. The molecule has 1 amide bonds. The van der Waals surface area contributed by atoms with Gasteiger partial charge in [0.05, 0.1) is 6.04 Å². The third-order valence-electron chi connectivity index (χ3n) is 3.58. The quantitative estimate of drug-likeness (QED) is 0.846. The lowest BCUT2D eigenvalue weighted by atomic mass is 9.97. The number of rotatable bonds is 2. The first-order valence-electron chi connectivity index (χ1n) is 6.50. The summed E-state index contributed by atoms with van der Waals surface area (Å²) >= 11 is 1.79. The van der Waals surface area contributed by atoms with Crippen LogP contribution in [0.3, 0.4) is 0 Å². The Kier molecular flexibility index (Phi) is 3.14. The summed E-state index contributed by atoms with van der Waals surface area (Å²) in [6.07, 6.45) is 3.31. The van der Waals surface area contributed by atoms with Crippen LogP contribution in [0.1, 0.15) is 46.2 Å². The zero-order valence-electron chi connectivity index (χ0n) is 11.0. The molecule has 2 aromatic heterocycles. The number of carbonyl (C=O) groups is 1. The topological polar surface area (TPSA) is 46.3 Å². The fraction of sp³-hybridized carbons (Fsp3) is 0.429. The molecule has 0 spiro atoms. The minimum absolute atomic E-state index is 0.0273. The van der Waals surface area contributed by atoms with E-state index in [2.05, 4.69) is 23.4 Å². The SMILES string of the molecule is CC[C@H]1c2ccsc2CCN1C(=O)c1coc(C)n1. The number of amides is 1. The summed E-state index contributed by atoms with van der Waals surface area (Å²) in [6, 6.07) is 2.31. The average Bonchev–Trinajstić information content (AvgIpc) is 3.04. The van der Waals surface area contributed by atoms with Crippen LogP contribution in [0, 0.1) is 6.92 Å². The summed E-state index contributed by atoms with van der Waals surface area (Å²) in [7, 11) is 0. The zero-order valence-corrected chi connectivity index (χ0v) is 11.9. The van der Waals surface area contributed by atoms with E-state index in [1.807, 2.05) is 4.90 Å². The molecule has 1 aliphatic heterocycles. The fourth-order valence-electron chi connectivity index (χ4n) is 2.69. The lowest BCUT2D eigenvalue weighted by molar-refractivity contribution is 0.0651. The van der Waals surface area contributed by atoms with Crippen LogP contribution in [-0.2, 0) is 6.42 Å². The molecule has 0 aliphatic carbocycles. The van der Waals surface area contributed by atoms with E-state index >= 15 is 0 Å². The predicted molar refractivity (Wildman–Crippen MR) is 73.3 cm³/mol. The molecule has 0 saturated carbocycles. The smallest absolute Gasteiger partial charge is 0.276 e. The second-order valence-corrected chi connectivity index (χ2v) is 5.72. The van der Waals surface area contributed by atoms with Crippen molar-refractivity contribution in [2.45, 2.75) is 32.7 Å². The van der Waals surface area contributed by atoms with E-state index in [1.165, 1.54) is 16.7 Å². The molecule has 0 aromatic carbocycles. The Balaban J connectivity index is 1.91. The largest absolute Gasteiger partial charge is 0.448 e. The number of oxazole rings is 1. The molecule has 1 atom stereocenters. The van der Waals surface area contributed by atoms with Gasteiger partial charge in [-0.15, -0.1) is 11.3 Å². The maximum Gasteiger partial charge on any atom is 0.276 e. The fourth-order valence-corrected chi connectivity index (χ4v) is 3.62. The van der Waals surface area contributed by atoms with Crippen LogP contribution in [0.15, 0.2) is 22.1 Å². The summed E-state index contributed by atoms with van der Waals surface area (Å²) < 4.78 is 5.14. The highest BCUT2D eigenvalue weighted by Gasteiger charge is 2.31. The number of thiophene rings is 1. The van der Waals surface area contributed by atoms with Gasteiger partial charge in [0, 0.05) is 18.3 Å². The molecule has 0 bridgehead atoms. The van der Waals surface area contributed by atoms with Gasteiger partial charge in [0.15, 0.2) is 11.6 Å². The second-order valence-electron chi connectivity index (χ2n) is 4.72. The third-order valence-corrected chi connectivity index (χ3v) is 4.58. The average molecular weight is 276 g/mol. The van der Waals surface area contributed by atoms with Gasteiger partial charge in [-0.2, -0.15) is 0 Å². The molecule has 4 nitrogen and oxygen atoms in total. The van der Waals surface area contributed by atoms with Crippen LogP contribution in [0.5, 0.6) is 0 Å². The van der Waals surface area contributed by atoms with Crippen molar-refractivity contribution in [2.75, 3.05) is 6.54 Å². The summed E-state index contributed by atoms with van der Waals surface area (Å²) in [6.45, 7) is 4.63. The number of fused-ring (bicyclic) bond motifs is 1. The first-order chi connectivity index (χ1) is 9.20. The number of carbonyl (C=O) groups excluding carboxylic acids is 1. The lowest BCUT2D eigenvalue weighted by Crippen LogP contribution is -2.39. The van der Waals surface area contributed by atoms with Crippen molar-refractivity contribution in [3.63, 3.8) is 0 Å². The molecule has 1 aliphatic rings. The number of hydrogen-bond donors (Lipinski definition) is 0. The molecular formula is C14H16N2O2S. The molecule has 2 aromatic rings. The van der Waals surface area contributed by atoms with Crippen molar-refractivity contribution in [1.29, 1.82) is 0 Å². The highest BCUT2D eigenvalue weighted by Crippen LogP contribution is 2.35. The standard InChI is InChI=1S/C14H16N2O2S/c1-3-12-10-5-7-19-13(10)4-6-16(12)14(17)11-8-18-9(2)15-11/h5,7-8,12H,3-4,6H2,1-2H3/t12-/m0/s1. The number of aromatic nitrogens is 1. The van der Waals surface area contributed by atoms with Gasteiger partial charge < -0.3 is 9.32 Å². The van der Waals surface area contributed by atoms with Gasteiger partial charge >= 0.3 is 0 Å². The first-order valence-corrected chi connectivity index (χ1v) is 7.38. The summed E-state index contributed by atoms with van der Waals surface area (Å²) in [5, 5.41) is 2.11. The Bertz CT molecular complexity index is 602. The van der Waals surface area contributed by atoms with E-state index in [4.69, 9.17) is 4.42 Å². The van der Waals surface area contributed by atoms with Crippen molar-refractivity contribution in [2.24, 2.45) is 0 Å². The van der Waals surface area contributed by atoms with Crippen molar-refractivity contribution in [3.05, 3.63) is 39.7 Å². The van der Waals surface area contributed by atoms with Gasteiger partial charge in [0.25, 0.3) is 5.91 Å². The van der Waals surface area contributed by atoms with Gasteiger partial charge in [-0.05, 0) is 29.9 Å². The van der Waals surface area contributed by atoms with E-state index < -0.39 is 0 Å². The van der Waals surface area contributed by atoms with E-state index in [-0.39, 0.29) is 11.9 Å². The van der Waals surface area contributed by atoms with Gasteiger partial charge in [-0.3, -0.25) is 4.79 Å². The van der Waals surface area contributed by atoms with Crippen molar-refractivity contribution < 1.29 is 9.21 Å². The van der Waals surface area contributed by atoms with Gasteiger partial charge in [-0.1, -0.05) is 6.92 Å². The van der Waals surface area contributed by atoms with Crippen LogP contribution in [-0.4, -0.2) is 22.3 Å². The third kappa shape index (κ3) is 2.08. The molecule has 5 heteroatoms. The van der Waals surface area contributed by atoms with Crippen LogP contribution < -0.4 is 0 Å². The second kappa shape index (κ2) is 4.81. The molecule has 19 heavy (non-hydrogen) atoms. The maximum absolute atomic E-state index is 12.5. The van der Waals surface area contributed by atoms with Crippen LogP contribution in [0.25, 0.3) is 0 Å². The van der Waals surface area contributed by atoms with Crippen LogP contribution in [0.4, 0.5) is 0 Å². The number of nitrogens with zero attached hydrogens (tertiary/aromatic N) is 2. The minimum atomic E-state index is -0.0273. The highest BCUT2D eigenvalue weighted by atomic mass is 32.1. The molecule has 0 radical (unpaired) electrons. The Morgan fingerprint density at radius 1 is 1.63 bits per heavy atom. The predicted octanol–water partition coefficient (Wildman–Crippen LogP) is 3.19. The highest BCUT2D eigenvalue weighted by molar-refractivity contribution is 7.10. The maximum atomic E-state index is 12.5. The molecule has 3 rings (SSSR count). The number of hydrogen-bond acceptors (Lipinski definition) is 4. The van der Waals surface area contributed by atoms with Crippen molar-refractivity contribution in [1.82, 2.24) is 9.88 Å². The normalized spacial score (nSPS) is 18.4. The first kappa shape index (κ1) is 12.4. The van der Waals surface area contributed by atoms with Crippen LogP contribution in [0.2, 0.25) is 0 Å². The van der Waals surface area contributed by atoms with Crippen molar-refractivity contribution in [3.8, 4) is 0 Å². The van der Waals surface area contributed by atoms with E-state index in [0.717, 1.165) is 19.4 Å². The molecule has 100 valence electrons. The van der Waals surface area contributed by atoms with Gasteiger partial charge in [-0.25, -0.2) is 4.98 Å². The molecular weight excluding hydrogens is 260 g/mol. The van der Waals surface area contributed by atoms with E-state index in [9.17, 15) is 4.79 Å². The Morgan fingerprint density at radius 3 is 3.16 bits per heavy atom. The van der Waals surface area contributed by atoms with Gasteiger partial charge in [0.1, 0.15) is 6.26 Å². The minimum Gasteiger partial charge on any atom is -0.448 e. The van der Waals surface area contributed by atoms with Crippen molar-refractivity contribution >= 4 is 17.2 Å². The van der Waals surface area contributed by atoms with Crippen LogP contribution >= 0.6 is 11.3 Å². The molecule has 0 N–H and O–H groups in total. The van der Waals surface area contributed by atoms with Gasteiger partial charge in [0.2, 0.25) is 0 Å². The molecule has 0 saturated heterocycles. The molecule has 3 heterocycles. The van der Waals surface area contributed by atoms with E-state index in [1.54, 1.807) is 18.3 Å². The number of aryl methyl sites for hydroxylation is 1. The lowest BCUT2D eigenvalue weighted by Gasteiger charge is -2.34. The summed E-state index contributed by atoms with van der Waals surface area (Å²) in [5.41, 5.74) is 1.71. The molecule has 0 fully saturated rings. The monoisotopic (exact) mass is 276 g/mol. The summed E-state index contributed by atoms with van der Waals surface area (Å²) in [4.78, 5) is 20.0. The van der Waals surface area contributed by atoms with E-state index in [0.29, 0.717) is 11.6 Å². The zero-order chi connectivity index (χ0) is 13.4. The molecule has 0 unspecified atom stereocenters. The Morgan fingerprint density at radius 2 is 2.47 bits per heavy atom. The summed E-state index contributed by atoms with van der Waals surface area (Å²) in [5.74, 6) is 0.505. The Labute approximate surface area is 116 Å².